The number of fused-ring (bicyclic) bond motifs is 1. The van der Waals surface area contributed by atoms with E-state index in [2.05, 4.69) is 19.7 Å². The van der Waals surface area contributed by atoms with Crippen molar-refractivity contribution in [2.24, 2.45) is 0 Å². The Hall–Kier alpha value is -1.54. The van der Waals surface area contributed by atoms with Crippen LogP contribution >= 0.6 is 8.38 Å². The van der Waals surface area contributed by atoms with Crippen LogP contribution in [0.1, 0.15) is 6.92 Å². The minimum Gasteiger partial charge on any atom is -0.479 e. The second-order valence-corrected chi connectivity index (χ2v) is 4.59. The number of nitrogens with two attached hydrogens (primary N) is 1. The second-order valence-electron chi connectivity index (χ2n) is 3.58. The zero-order valence-corrected chi connectivity index (χ0v) is 12.4. The van der Waals surface area contributed by atoms with Crippen LogP contribution in [0.2, 0.25) is 0 Å². The summed E-state index contributed by atoms with van der Waals surface area (Å²) in [6.45, 7) is 2.79. The average molecular weight is 303 g/mol. The maximum Gasteiger partial charge on any atom is 0.246 e. The van der Waals surface area contributed by atoms with Gasteiger partial charge in [0.05, 0.1) is 13.4 Å². The van der Waals surface area contributed by atoms with Crippen LogP contribution in [0.5, 0.6) is 5.88 Å². The summed E-state index contributed by atoms with van der Waals surface area (Å²) in [7, 11) is 1.13. The van der Waals surface area contributed by atoms with Crippen LogP contribution in [-0.2, 0) is 11.3 Å². The number of hydrogen-bond donors (Lipinski definition) is 3. The molecule has 0 saturated heterocycles. The Labute approximate surface area is 117 Å². The molecular formula is C10H18N5O4P. The largest absolute Gasteiger partial charge is 0.479 e. The Morgan fingerprint density at radius 2 is 2.05 bits per heavy atom. The van der Waals surface area contributed by atoms with E-state index in [1.807, 2.05) is 11.5 Å². The first-order chi connectivity index (χ1) is 9.53. The first-order valence-corrected chi connectivity index (χ1v) is 7.13. The molecule has 2 aromatic heterocycles. The predicted molar refractivity (Wildman–Crippen MR) is 75.2 cm³/mol. The van der Waals surface area contributed by atoms with Gasteiger partial charge in [-0.2, -0.15) is 9.97 Å². The minimum absolute atomic E-state index is 0.0509. The lowest BCUT2D eigenvalue weighted by atomic mass is 10.5. The van der Waals surface area contributed by atoms with Crippen molar-refractivity contribution in [2.75, 3.05) is 26.3 Å². The molecule has 0 unspecified atom stereocenters. The number of imidazole rings is 1. The molecule has 0 radical (unpaired) electrons. The van der Waals surface area contributed by atoms with Gasteiger partial charge >= 0.3 is 0 Å². The van der Waals surface area contributed by atoms with E-state index in [1.165, 1.54) is 14.2 Å². The van der Waals surface area contributed by atoms with Gasteiger partial charge in [0, 0.05) is 13.7 Å². The highest BCUT2D eigenvalue weighted by Gasteiger charge is 2.11. The molecule has 0 bridgehead atoms. The van der Waals surface area contributed by atoms with Crippen LogP contribution in [0.3, 0.4) is 0 Å². The van der Waals surface area contributed by atoms with Crippen LogP contribution < -0.4 is 10.5 Å². The molecule has 0 aromatic carbocycles. The average Bonchev–Trinajstić information content (AvgIpc) is 2.81. The molecule has 0 aliphatic heterocycles. The third-order valence-corrected chi connectivity index (χ3v) is 2.72. The normalized spacial score (nSPS) is 10.5. The maximum absolute atomic E-state index is 8.05. The number of nitrogen functional groups attached to an aromatic ring is 1. The van der Waals surface area contributed by atoms with Gasteiger partial charge in [0.2, 0.25) is 11.8 Å². The molecule has 0 atom stereocenters. The Kier molecular flexibility index (Phi) is 6.53. The molecule has 0 spiro atoms. The molecule has 20 heavy (non-hydrogen) atoms. The van der Waals surface area contributed by atoms with Crippen LogP contribution in [0.4, 0.5) is 5.95 Å². The van der Waals surface area contributed by atoms with Gasteiger partial charge in [0.25, 0.3) is 0 Å². The van der Waals surface area contributed by atoms with E-state index < -0.39 is 8.38 Å². The van der Waals surface area contributed by atoms with Gasteiger partial charge in [-0.05, 0) is 6.92 Å². The van der Waals surface area contributed by atoms with Crippen molar-refractivity contribution in [3.05, 3.63) is 6.33 Å². The highest BCUT2D eigenvalue weighted by molar-refractivity contribution is 7.44. The molecule has 0 saturated carbocycles. The topological polar surface area (TPSA) is 129 Å². The number of nitrogens with zero attached hydrogens (tertiary/aromatic N) is 4. The van der Waals surface area contributed by atoms with Crippen molar-refractivity contribution in [3.8, 4) is 5.88 Å². The number of anilines is 1. The molecule has 0 aliphatic rings. The summed E-state index contributed by atoms with van der Waals surface area (Å²) >= 11 is 0. The standard InChI is InChI=1S/C8H11N5O.C2H7O3P/c1-3-13-4-10-5-6(13)11-8(9)12-7(5)14-2;1-5-2-6(3)4/h4H,3H2,1-2H3,(H2,9,11,12);3-4H,2H2,1H3. The van der Waals surface area contributed by atoms with Crippen molar-refractivity contribution >= 4 is 25.5 Å². The van der Waals surface area contributed by atoms with Gasteiger partial charge in [0.1, 0.15) is 6.35 Å². The highest BCUT2D eigenvalue weighted by Crippen LogP contribution is 2.21. The molecule has 2 heterocycles. The van der Waals surface area contributed by atoms with Gasteiger partial charge in [0.15, 0.2) is 19.5 Å². The zero-order valence-electron chi connectivity index (χ0n) is 11.5. The second kappa shape index (κ2) is 7.91. The van der Waals surface area contributed by atoms with E-state index in [4.69, 9.17) is 20.3 Å². The summed E-state index contributed by atoms with van der Waals surface area (Å²) in [5.74, 6) is 0.615. The van der Waals surface area contributed by atoms with Crippen molar-refractivity contribution in [1.29, 1.82) is 0 Å². The summed E-state index contributed by atoms with van der Waals surface area (Å²) in [4.78, 5) is 28.3. The summed E-state index contributed by atoms with van der Waals surface area (Å²) < 4.78 is 11.3. The lowest BCUT2D eigenvalue weighted by Crippen LogP contribution is -2.01. The van der Waals surface area contributed by atoms with Gasteiger partial charge in [-0.1, -0.05) is 0 Å². The number of methoxy groups -OCH3 is 2. The number of hydrogen-bond acceptors (Lipinski definition) is 8. The van der Waals surface area contributed by atoms with Crippen molar-refractivity contribution < 1.29 is 19.3 Å². The van der Waals surface area contributed by atoms with Gasteiger partial charge in [-0.15, -0.1) is 0 Å². The van der Waals surface area contributed by atoms with Gasteiger partial charge in [-0.25, -0.2) is 4.98 Å². The summed E-state index contributed by atoms with van der Waals surface area (Å²) in [5.41, 5.74) is 6.89. The summed E-state index contributed by atoms with van der Waals surface area (Å²) in [6, 6.07) is 0. The molecule has 0 aliphatic carbocycles. The van der Waals surface area contributed by atoms with Crippen molar-refractivity contribution in [2.45, 2.75) is 13.5 Å². The number of aromatic nitrogens is 4. The molecule has 2 aromatic rings. The van der Waals surface area contributed by atoms with E-state index in [-0.39, 0.29) is 12.3 Å². The zero-order chi connectivity index (χ0) is 15.1. The fraction of sp³-hybridized carbons (Fsp3) is 0.500. The summed E-state index contributed by atoms with van der Waals surface area (Å²) in [6.07, 6.45) is 1.75. The first kappa shape index (κ1) is 16.5. The van der Waals surface area contributed by atoms with E-state index in [1.54, 1.807) is 6.33 Å². The third-order valence-electron chi connectivity index (χ3n) is 2.23. The van der Waals surface area contributed by atoms with Crippen LogP contribution in [-0.4, -0.2) is 49.9 Å². The maximum atomic E-state index is 8.05. The Morgan fingerprint density at radius 3 is 2.50 bits per heavy atom. The SMILES string of the molecule is CCn1cnc2c(OC)nc(N)nc21.COCP(O)O. The lowest BCUT2D eigenvalue weighted by molar-refractivity contribution is 0.236. The first-order valence-electron chi connectivity index (χ1n) is 5.70. The Morgan fingerprint density at radius 1 is 1.35 bits per heavy atom. The van der Waals surface area contributed by atoms with Crippen molar-refractivity contribution in [3.63, 3.8) is 0 Å². The van der Waals surface area contributed by atoms with E-state index >= 15 is 0 Å². The van der Waals surface area contributed by atoms with E-state index in [9.17, 15) is 0 Å². The van der Waals surface area contributed by atoms with Crippen LogP contribution in [0.15, 0.2) is 6.33 Å². The molecule has 2 rings (SSSR count). The smallest absolute Gasteiger partial charge is 0.246 e. The molecule has 112 valence electrons. The molecule has 0 fully saturated rings. The van der Waals surface area contributed by atoms with E-state index in [0.29, 0.717) is 17.0 Å². The van der Waals surface area contributed by atoms with Gasteiger partial charge < -0.3 is 29.6 Å². The van der Waals surface area contributed by atoms with E-state index in [0.717, 1.165) is 6.54 Å². The highest BCUT2D eigenvalue weighted by atomic mass is 31.2. The lowest BCUT2D eigenvalue weighted by Gasteiger charge is -2.02. The molecule has 10 heteroatoms. The molecule has 0 amide bonds. The molecule has 4 N–H and O–H groups in total. The fourth-order valence-electron chi connectivity index (χ4n) is 1.42. The Bertz CT molecular complexity index is 548. The third kappa shape index (κ3) is 4.24. The number of aryl methyl sites for hydroxylation is 1. The Balaban J connectivity index is 0.000000286. The van der Waals surface area contributed by atoms with Gasteiger partial charge in [-0.3, -0.25) is 0 Å². The summed E-state index contributed by atoms with van der Waals surface area (Å²) in [5, 5.41) is 0. The number of rotatable bonds is 4. The molecule has 9 nitrogen and oxygen atoms in total. The number of ether oxygens (including phenoxy) is 2. The fourth-order valence-corrected chi connectivity index (χ4v) is 1.65. The molecular weight excluding hydrogens is 285 g/mol. The monoisotopic (exact) mass is 303 g/mol. The minimum atomic E-state index is -1.82. The quantitative estimate of drug-likeness (QED) is 0.689. The predicted octanol–water partition coefficient (Wildman–Crippen LogP) is 0.324. The van der Waals surface area contributed by atoms with Crippen LogP contribution in [0, 0.1) is 0 Å². The van der Waals surface area contributed by atoms with Crippen molar-refractivity contribution in [1.82, 2.24) is 19.5 Å². The van der Waals surface area contributed by atoms with Crippen LogP contribution in [0.25, 0.3) is 11.2 Å².